The monoisotopic (exact) mass is 614 g/mol. The van der Waals surface area contributed by atoms with E-state index in [9.17, 15) is 0 Å². The molecule has 1 aliphatic rings. The average molecular weight is 615 g/mol. The van der Waals surface area contributed by atoms with E-state index in [0.29, 0.717) is 5.82 Å². The highest BCUT2D eigenvalue weighted by Gasteiger charge is 2.45. The van der Waals surface area contributed by atoms with E-state index in [1.165, 1.54) is 10.9 Å². The van der Waals surface area contributed by atoms with Crippen LogP contribution in [-0.4, -0.2) is 9.97 Å². The smallest absolute Gasteiger partial charge is 0.160 e. The lowest BCUT2D eigenvalue weighted by Crippen LogP contribution is -2.34. The van der Waals surface area contributed by atoms with Crippen molar-refractivity contribution < 1.29 is 4.74 Å². The fraction of sp³-hybridized carbons (Fsp3) is 0.0222. The fourth-order valence-corrected chi connectivity index (χ4v) is 7.28. The van der Waals surface area contributed by atoms with Crippen molar-refractivity contribution in [3.05, 3.63) is 204 Å². The number of hydrogen-bond acceptors (Lipinski definition) is 3. The summed E-state index contributed by atoms with van der Waals surface area (Å²) in [6.45, 7) is 0. The van der Waals surface area contributed by atoms with E-state index in [-0.39, 0.29) is 0 Å². The van der Waals surface area contributed by atoms with Gasteiger partial charge < -0.3 is 4.74 Å². The van der Waals surface area contributed by atoms with Crippen LogP contribution in [0.5, 0.6) is 11.5 Å². The van der Waals surface area contributed by atoms with Gasteiger partial charge in [-0.2, -0.15) is 0 Å². The van der Waals surface area contributed by atoms with Gasteiger partial charge in [0.25, 0.3) is 0 Å². The Labute approximate surface area is 279 Å². The lowest BCUT2D eigenvalue weighted by atomic mass is 9.63. The molecule has 0 radical (unpaired) electrons. The van der Waals surface area contributed by atoms with Crippen LogP contribution in [0.1, 0.15) is 22.3 Å². The second-order valence-corrected chi connectivity index (χ2v) is 12.1. The summed E-state index contributed by atoms with van der Waals surface area (Å²) >= 11 is 0. The Balaban J connectivity index is 1.31. The van der Waals surface area contributed by atoms with Gasteiger partial charge in [0.2, 0.25) is 0 Å². The van der Waals surface area contributed by atoms with Gasteiger partial charge in [0.15, 0.2) is 5.82 Å². The normalized spacial score (nSPS) is 12.9. The minimum absolute atomic E-state index is 0.627. The van der Waals surface area contributed by atoms with Gasteiger partial charge in [-0.3, -0.25) is 0 Å². The maximum absolute atomic E-state index is 6.53. The molecule has 1 aliphatic heterocycles. The molecular weight excluding hydrogens is 585 g/mol. The van der Waals surface area contributed by atoms with Crippen molar-refractivity contribution in [3.8, 4) is 45.4 Å². The Morgan fingerprint density at radius 3 is 1.75 bits per heavy atom. The van der Waals surface area contributed by atoms with E-state index >= 15 is 0 Å². The van der Waals surface area contributed by atoms with E-state index in [1.54, 1.807) is 0 Å². The zero-order chi connectivity index (χ0) is 31.9. The van der Waals surface area contributed by atoms with Crippen molar-refractivity contribution in [2.75, 3.05) is 0 Å². The van der Waals surface area contributed by atoms with Crippen molar-refractivity contribution in [1.82, 2.24) is 9.97 Å². The van der Waals surface area contributed by atoms with Gasteiger partial charge in [0.1, 0.15) is 11.5 Å². The Hall–Kier alpha value is -6.32. The molecule has 0 bridgehead atoms. The molecule has 0 aliphatic carbocycles. The number of ether oxygens (including phenoxy) is 1. The van der Waals surface area contributed by atoms with Crippen molar-refractivity contribution in [2.24, 2.45) is 0 Å². The van der Waals surface area contributed by atoms with Gasteiger partial charge in [0, 0.05) is 27.8 Å². The molecule has 0 saturated carbocycles. The predicted molar refractivity (Wildman–Crippen MR) is 194 cm³/mol. The minimum Gasteiger partial charge on any atom is -0.457 e. The second-order valence-electron chi connectivity index (χ2n) is 12.1. The van der Waals surface area contributed by atoms with Crippen molar-refractivity contribution in [1.29, 1.82) is 0 Å². The molecule has 7 aromatic carbocycles. The number of nitrogens with zero attached hydrogens (tertiary/aromatic N) is 2. The van der Waals surface area contributed by atoms with Crippen LogP contribution in [0, 0.1) is 0 Å². The number of para-hydroxylation sites is 2. The molecule has 0 amide bonds. The summed E-state index contributed by atoms with van der Waals surface area (Å²) in [6.07, 6.45) is 0. The fourth-order valence-electron chi connectivity index (χ4n) is 7.28. The minimum atomic E-state index is -0.627. The average Bonchev–Trinajstić information content (AvgIpc) is 3.17. The van der Waals surface area contributed by atoms with Crippen molar-refractivity contribution >= 4 is 10.8 Å². The van der Waals surface area contributed by atoms with Crippen LogP contribution in [0.2, 0.25) is 0 Å². The summed E-state index contributed by atoms with van der Waals surface area (Å²) in [4.78, 5) is 10.5. The molecule has 0 unspecified atom stereocenters. The van der Waals surface area contributed by atoms with E-state index in [0.717, 1.165) is 61.7 Å². The van der Waals surface area contributed by atoms with Crippen molar-refractivity contribution in [2.45, 2.75) is 5.41 Å². The lowest BCUT2D eigenvalue weighted by Gasteiger charge is -2.41. The third kappa shape index (κ3) is 4.51. The van der Waals surface area contributed by atoms with Gasteiger partial charge in [-0.1, -0.05) is 158 Å². The molecule has 2 heterocycles. The highest BCUT2D eigenvalue weighted by atomic mass is 16.5. The second kappa shape index (κ2) is 11.5. The number of aromatic nitrogens is 2. The number of benzene rings is 7. The Morgan fingerprint density at radius 2 is 0.979 bits per heavy atom. The Morgan fingerprint density at radius 1 is 0.417 bits per heavy atom. The molecule has 0 spiro atoms. The van der Waals surface area contributed by atoms with Crippen LogP contribution in [-0.2, 0) is 5.41 Å². The summed E-state index contributed by atoms with van der Waals surface area (Å²) in [5, 5.41) is 2.34. The van der Waals surface area contributed by atoms with Crippen LogP contribution < -0.4 is 4.74 Å². The van der Waals surface area contributed by atoms with Crippen LogP contribution >= 0.6 is 0 Å². The molecule has 0 N–H and O–H groups in total. The van der Waals surface area contributed by atoms with Gasteiger partial charge in [-0.05, 0) is 46.2 Å². The van der Waals surface area contributed by atoms with Crippen LogP contribution in [0.25, 0.3) is 44.7 Å². The molecule has 8 aromatic rings. The number of hydrogen-bond donors (Lipinski definition) is 0. The van der Waals surface area contributed by atoms with E-state index < -0.39 is 5.41 Å². The molecule has 3 heteroatoms. The van der Waals surface area contributed by atoms with Gasteiger partial charge >= 0.3 is 0 Å². The van der Waals surface area contributed by atoms with E-state index in [2.05, 4.69) is 164 Å². The zero-order valence-corrected chi connectivity index (χ0v) is 26.1. The largest absolute Gasteiger partial charge is 0.457 e. The van der Waals surface area contributed by atoms with Gasteiger partial charge in [-0.15, -0.1) is 0 Å². The summed E-state index contributed by atoms with van der Waals surface area (Å²) in [6, 6.07) is 63.6. The molecule has 1 aromatic heterocycles. The molecule has 0 saturated heterocycles. The Kier molecular flexibility index (Phi) is 6.69. The molecule has 3 nitrogen and oxygen atoms in total. The lowest BCUT2D eigenvalue weighted by molar-refractivity contribution is 0.434. The number of rotatable bonds is 5. The van der Waals surface area contributed by atoms with Gasteiger partial charge in [-0.25, -0.2) is 9.97 Å². The van der Waals surface area contributed by atoms with Crippen molar-refractivity contribution in [3.63, 3.8) is 0 Å². The molecule has 9 rings (SSSR count). The topological polar surface area (TPSA) is 35.0 Å². The summed E-state index contributed by atoms with van der Waals surface area (Å²) in [5.74, 6) is 2.38. The van der Waals surface area contributed by atoms with Gasteiger partial charge in [0.05, 0.1) is 16.8 Å². The first kappa shape index (κ1) is 27.9. The maximum atomic E-state index is 6.53. The highest BCUT2D eigenvalue weighted by molar-refractivity contribution is 5.96. The molecular formula is C45H30N2O. The summed E-state index contributed by atoms with van der Waals surface area (Å²) in [5.41, 5.74) is 8.71. The quantitative estimate of drug-likeness (QED) is 0.193. The number of fused-ring (bicyclic) bond motifs is 3. The van der Waals surface area contributed by atoms with Crippen LogP contribution in [0.3, 0.4) is 0 Å². The first-order chi connectivity index (χ1) is 23.8. The van der Waals surface area contributed by atoms with Crippen LogP contribution in [0.15, 0.2) is 182 Å². The molecule has 48 heavy (non-hydrogen) atoms. The van der Waals surface area contributed by atoms with E-state index in [4.69, 9.17) is 14.7 Å². The van der Waals surface area contributed by atoms with E-state index in [1.807, 2.05) is 18.2 Å². The maximum Gasteiger partial charge on any atom is 0.160 e. The molecule has 226 valence electrons. The predicted octanol–water partition coefficient (Wildman–Crippen LogP) is 11.1. The summed E-state index contributed by atoms with van der Waals surface area (Å²) in [7, 11) is 0. The summed E-state index contributed by atoms with van der Waals surface area (Å²) < 4.78 is 6.53. The molecule has 0 atom stereocenters. The highest BCUT2D eigenvalue weighted by Crippen LogP contribution is 2.55. The standard InChI is InChI=1S/C45H30N2O/c1-3-16-32(17-4-1)40-30-41(37-24-14-18-31-15-7-8-23-36(31)37)47-44(46-40)33-19-13-22-35(29-33)45(34-20-5-2-6-21-34)38-25-9-11-27-42(38)48-43-28-12-10-26-39(43)45/h1-30H. The third-order valence-corrected chi connectivity index (χ3v) is 9.42. The first-order valence-corrected chi connectivity index (χ1v) is 16.2. The van der Waals surface area contributed by atoms with Crippen LogP contribution in [0.4, 0.5) is 0 Å². The third-order valence-electron chi connectivity index (χ3n) is 9.42. The Bertz CT molecular complexity index is 2380. The molecule has 0 fully saturated rings. The first-order valence-electron chi connectivity index (χ1n) is 16.2. The SMILES string of the molecule is c1ccc(-c2cc(-c3cccc4ccccc34)nc(-c3cccc(C4(c5ccccc5)c5ccccc5Oc5ccccc54)c3)n2)cc1. The zero-order valence-electron chi connectivity index (χ0n) is 26.1.